The molecule has 0 amide bonds. The molecule has 3 atom stereocenters. The molecular weight excluding hydrogens is 236 g/mol. The highest BCUT2D eigenvalue weighted by atomic mass is 15.4. The van der Waals surface area contributed by atoms with Crippen LogP contribution >= 0.6 is 0 Å². The molecule has 0 aromatic heterocycles. The molecule has 1 saturated carbocycles. The second kappa shape index (κ2) is 4.75. The monoisotopic (exact) mass is 258 g/mol. The van der Waals surface area contributed by atoms with E-state index in [2.05, 4.69) is 21.3 Å². The minimum absolute atomic E-state index is 0.499. The third-order valence-corrected chi connectivity index (χ3v) is 4.95. The molecule has 2 fully saturated rings. The lowest BCUT2D eigenvalue weighted by Crippen LogP contribution is -2.45. The Kier molecular flexibility index (Phi) is 2.91. The van der Waals surface area contributed by atoms with Gasteiger partial charge in [0.05, 0.1) is 12.1 Å². The van der Waals surface area contributed by atoms with E-state index in [1.807, 2.05) is 6.21 Å². The van der Waals surface area contributed by atoms with Gasteiger partial charge in [-0.1, -0.05) is 12.8 Å². The van der Waals surface area contributed by atoms with E-state index in [0.29, 0.717) is 18.0 Å². The highest BCUT2D eigenvalue weighted by Crippen LogP contribution is 2.37. The molecule has 1 N–H and O–H groups in total. The molecule has 0 spiro atoms. The van der Waals surface area contributed by atoms with Crippen molar-refractivity contribution in [2.75, 3.05) is 13.1 Å². The molecule has 0 aromatic carbocycles. The smallest absolute Gasteiger partial charge is 0.225 e. The van der Waals surface area contributed by atoms with Crippen molar-refractivity contribution in [3.05, 3.63) is 11.8 Å². The van der Waals surface area contributed by atoms with Gasteiger partial charge in [0.1, 0.15) is 0 Å². The molecule has 0 aromatic rings. The molecule has 3 heterocycles. The molecule has 4 heteroatoms. The molecule has 1 aliphatic carbocycles. The summed E-state index contributed by atoms with van der Waals surface area (Å²) in [6, 6.07) is 1.09. The van der Waals surface area contributed by atoms with Crippen LogP contribution < -0.4 is 5.32 Å². The minimum atomic E-state index is 0.499. The molecule has 0 radical (unpaired) electrons. The molecule has 19 heavy (non-hydrogen) atoms. The van der Waals surface area contributed by atoms with Gasteiger partial charge in [-0.25, -0.2) is 9.98 Å². The summed E-state index contributed by atoms with van der Waals surface area (Å²) in [5.41, 5.74) is 1.47. The van der Waals surface area contributed by atoms with Crippen LogP contribution in [0.1, 0.15) is 38.5 Å². The summed E-state index contributed by atoms with van der Waals surface area (Å²) >= 11 is 0. The zero-order valence-corrected chi connectivity index (χ0v) is 11.4. The Morgan fingerprint density at radius 1 is 1.16 bits per heavy atom. The normalized spacial score (nSPS) is 37.5. The molecule has 0 bridgehead atoms. The number of piperidine rings is 1. The van der Waals surface area contributed by atoms with Crippen molar-refractivity contribution in [2.24, 2.45) is 15.9 Å². The average Bonchev–Trinajstić information content (AvgIpc) is 2.86. The van der Waals surface area contributed by atoms with Gasteiger partial charge < -0.3 is 10.2 Å². The van der Waals surface area contributed by atoms with Gasteiger partial charge in [0, 0.05) is 24.4 Å². The van der Waals surface area contributed by atoms with E-state index in [1.165, 1.54) is 50.8 Å². The standard InChI is InChI=1S/C15H22N4/c1-2-6-14-12(5-1)18-15-17-9-7-13(19(14)15)11-4-3-8-16-10-11/h7,9,11-12,14,16H,1-6,8,10H2. The average molecular weight is 258 g/mol. The quantitative estimate of drug-likeness (QED) is 0.781. The van der Waals surface area contributed by atoms with Gasteiger partial charge in [0.2, 0.25) is 5.96 Å². The molecule has 4 rings (SSSR count). The van der Waals surface area contributed by atoms with E-state index < -0.39 is 0 Å². The Hall–Kier alpha value is -1.16. The summed E-state index contributed by atoms with van der Waals surface area (Å²) in [6.07, 6.45) is 12.0. The minimum Gasteiger partial charge on any atom is -0.316 e. The number of hydrogen-bond donors (Lipinski definition) is 1. The van der Waals surface area contributed by atoms with E-state index in [0.717, 1.165) is 12.5 Å². The summed E-state index contributed by atoms with van der Waals surface area (Å²) in [6.45, 7) is 2.28. The predicted octanol–water partition coefficient (Wildman–Crippen LogP) is 1.94. The van der Waals surface area contributed by atoms with Gasteiger partial charge in [0.25, 0.3) is 0 Å². The van der Waals surface area contributed by atoms with E-state index in [-0.39, 0.29) is 0 Å². The molecule has 102 valence electrons. The number of aliphatic imine (C=N–C) groups is 2. The van der Waals surface area contributed by atoms with Crippen LogP contribution in [0.5, 0.6) is 0 Å². The lowest BCUT2D eigenvalue weighted by Gasteiger charge is -2.38. The van der Waals surface area contributed by atoms with E-state index in [1.54, 1.807) is 0 Å². The Balaban J connectivity index is 1.62. The zero-order chi connectivity index (χ0) is 12.7. The van der Waals surface area contributed by atoms with Gasteiger partial charge >= 0.3 is 0 Å². The predicted molar refractivity (Wildman–Crippen MR) is 77.5 cm³/mol. The number of allylic oxidation sites excluding steroid dienone is 1. The summed E-state index contributed by atoms with van der Waals surface area (Å²) in [5.74, 6) is 1.63. The van der Waals surface area contributed by atoms with Crippen molar-refractivity contribution >= 4 is 12.2 Å². The number of rotatable bonds is 1. The van der Waals surface area contributed by atoms with Crippen molar-refractivity contribution in [3.8, 4) is 0 Å². The number of nitrogens with one attached hydrogen (secondary N) is 1. The first kappa shape index (κ1) is 11.6. The van der Waals surface area contributed by atoms with Gasteiger partial charge in [-0.3, -0.25) is 0 Å². The van der Waals surface area contributed by atoms with Crippen LogP contribution in [-0.4, -0.2) is 42.2 Å². The van der Waals surface area contributed by atoms with Crippen molar-refractivity contribution in [2.45, 2.75) is 50.6 Å². The Morgan fingerprint density at radius 2 is 2.11 bits per heavy atom. The van der Waals surface area contributed by atoms with E-state index in [9.17, 15) is 0 Å². The maximum Gasteiger partial charge on any atom is 0.225 e. The molecule has 4 aliphatic rings. The number of nitrogens with zero attached hydrogens (tertiary/aromatic N) is 3. The number of fused-ring (bicyclic) bond motifs is 3. The first-order valence-corrected chi connectivity index (χ1v) is 7.75. The topological polar surface area (TPSA) is 40.0 Å². The molecule has 1 saturated heterocycles. The van der Waals surface area contributed by atoms with Crippen molar-refractivity contribution in [1.29, 1.82) is 0 Å². The summed E-state index contributed by atoms with van der Waals surface area (Å²) < 4.78 is 0. The maximum atomic E-state index is 4.86. The number of guanidine groups is 1. The van der Waals surface area contributed by atoms with Crippen molar-refractivity contribution in [1.82, 2.24) is 10.2 Å². The summed E-state index contributed by atoms with van der Waals surface area (Å²) in [4.78, 5) is 11.8. The van der Waals surface area contributed by atoms with Crippen LogP contribution in [0.2, 0.25) is 0 Å². The highest BCUT2D eigenvalue weighted by Gasteiger charge is 2.41. The van der Waals surface area contributed by atoms with Crippen molar-refractivity contribution in [3.63, 3.8) is 0 Å². The first-order valence-electron chi connectivity index (χ1n) is 7.75. The van der Waals surface area contributed by atoms with E-state index in [4.69, 9.17) is 4.99 Å². The van der Waals surface area contributed by atoms with Crippen LogP contribution in [0.15, 0.2) is 21.8 Å². The van der Waals surface area contributed by atoms with Gasteiger partial charge in [-0.2, -0.15) is 0 Å². The van der Waals surface area contributed by atoms with Crippen LogP contribution in [-0.2, 0) is 0 Å². The molecule has 3 aliphatic heterocycles. The second-order valence-electron chi connectivity index (χ2n) is 6.13. The Bertz CT molecular complexity index is 445. The number of hydrogen-bond acceptors (Lipinski definition) is 4. The third kappa shape index (κ3) is 1.93. The third-order valence-electron chi connectivity index (χ3n) is 4.95. The summed E-state index contributed by atoms with van der Waals surface area (Å²) in [5, 5.41) is 3.53. The first-order chi connectivity index (χ1) is 9.43. The Labute approximate surface area is 114 Å². The van der Waals surface area contributed by atoms with Crippen molar-refractivity contribution < 1.29 is 0 Å². The van der Waals surface area contributed by atoms with Crippen LogP contribution in [0, 0.1) is 5.92 Å². The summed E-state index contributed by atoms with van der Waals surface area (Å²) in [7, 11) is 0. The van der Waals surface area contributed by atoms with Gasteiger partial charge in [0.15, 0.2) is 0 Å². The molecule has 3 unspecified atom stereocenters. The zero-order valence-electron chi connectivity index (χ0n) is 11.4. The van der Waals surface area contributed by atoms with E-state index >= 15 is 0 Å². The fraction of sp³-hybridized carbons (Fsp3) is 0.733. The maximum absolute atomic E-state index is 4.86. The largest absolute Gasteiger partial charge is 0.316 e. The van der Waals surface area contributed by atoms with Crippen LogP contribution in [0.4, 0.5) is 0 Å². The molecular formula is C15H22N4. The van der Waals surface area contributed by atoms with Gasteiger partial charge in [-0.05, 0) is 38.3 Å². The lowest BCUT2D eigenvalue weighted by molar-refractivity contribution is 0.249. The van der Waals surface area contributed by atoms with Crippen LogP contribution in [0.3, 0.4) is 0 Å². The fourth-order valence-electron chi connectivity index (χ4n) is 4.00. The molecule has 4 nitrogen and oxygen atoms in total. The highest BCUT2D eigenvalue weighted by molar-refractivity contribution is 5.96. The van der Waals surface area contributed by atoms with Crippen LogP contribution in [0.25, 0.3) is 0 Å². The fourth-order valence-corrected chi connectivity index (χ4v) is 4.00. The lowest BCUT2D eigenvalue weighted by atomic mass is 9.88. The SMILES string of the molecule is C1=NC2=NC3CCCCC3N2C(C2CCCNC2)=C1. The second-order valence-corrected chi connectivity index (χ2v) is 6.13. The Morgan fingerprint density at radius 3 is 3.00 bits per heavy atom. The van der Waals surface area contributed by atoms with Gasteiger partial charge in [-0.15, -0.1) is 0 Å².